The van der Waals surface area contributed by atoms with Gasteiger partial charge in [0.05, 0.1) is 11.1 Å². The van der Waals surface area contributed by atoms with E-state index in [1.165, 1.54) is 10.6 Å². The first-order valence-corrected chi connectivity index (χ1v) is 9.59. The Labute approximate surface area is 173 Å². The lowest BCUT2D eigenvalue weighted by Gasteiger charge is -2.11. The van der Waals surface area contributed by atoms with Crippen LogP contribution in [0, 0.1) is 0 Å². The average Bonchev–Trinajstić information content (AvgIpc) is 3.22. The van der Waals surface area contributed by atoms with Crippen LogP contribution in [0.4, 0.5) is 5.69 Å². The molecule has 2 aromatic carbocycles. The van der Waals surface area contributed by atoms with Gasteiger partial charge in [0, 0.05) is 35.2 Å². The topological polar surface area (TPSA) is 90.0 Å². The summed E-state index contributed by atoms with van der Waals surface area (Å²) in [6.07, 6.45) is 0. The van der Waals surface area contributed by atoms with E-state index in [-0.39, 0.29) is 16.9 Å². The molecule has 7 nitrogen and oxygen atoms in total. The van der Waals surface area contributed by atoms with E-state index in [1.807, 2.05) is 57.2 Å². The monoisotopic (exact) mass is 402 g/mol. The third-order valence-electron chi connectivity index (χ3n) is 4.87. The summed E-state index contributed by atoms with van der Waals surface area (Å²) < 4.78 is 6.86. The SMILES string of the molecule is Cn1c(=O)cc(C(=O)Nc2ccc(-c3noc(C(C)(C)C)n3)cc2)c2ccccc21. The maximum atomic E-state index is 12.9. The molecular formula is C23H22N4O3. The molecule has 2 heterocycles. The number of nitrogens with zero attached hydrogens (tertiary/aromatic N) is 3. The standard InChI is InChI=1S/C23H22N4O3/c1-23(2,3)22-25-20(26-30-22)14-9-11-15(12-10-14)24-21(29)17-13-19(28)27(4)18-8-6-5-7-16(17)18/h5-13H,1-4H3,(H,24,29). The van der Waals surface area contributed by atoms with Crippen molar-refractivity contribution in [2.45, 2.75) is 26.2 Å². The zero-order valence-corrected chi connectivity index (χ0v) is 17.3. The minimum atomic E-state index is -0.341. The molecular weight excluding hydrogens is 380 g/mol. The predicted molar refractivity (Wildman–Crippen MR) is 116 cm³/mol. The Balaban J connectivity index is 1.59. The van der Waals surface area contributed by atoms with E-state index in [0.29, 0.717) is 28.5 Å². The molecule has 0 spiro atoms. The van der Waals surface area contributed by atoms with Crippen molar-refractivity contribution in [1.29, 1.82) is 0 Å². The van der Waals surface area contributed by atoms with Crippen LogP contribution >= 0.6 is 0 Å². The van der Waals surface area contributed by atoms with Gasteiger partial charge in [0.1, 0.15) is 0 Å². The fourth-order valence-electron chi connectivity index (χ4n) is 3.14. The summed E-state index contributed by atoms with van der Waals surface area (Å²) in [5.74, 6) is 0.717. The molecule has 0 aliphatic heterocycles. The number of benzene rings is 2. The van der Waals surface area contributed by atoms with Gasteiger partial charge < -0.3 is 14.4 Å². The summed E-state index contributed by atoms with van der Waals surface area (Å²) in [6, 6.07) is 15.9. The van der Waals surface area contributed by atoms with E-state index in [9.17, 15) is 9.59 Å². The summed E-state index contributed by atoms with van der Waals surface area (Å²) in [5, 5.41) is 7.60. The van der Waals surface area contributed by atoms with Crippen LogP contribution in [-0.4, -0.2) is 20.6 Å². The quantitative estimate of drug-likeness (QED) is 0.556. The fourth-order valence-corrected chi connectivity index (χ4v) is 3.14. The van der Waals surface area contributed by atoms with Crippen molar-refractivity contribution >= 4 is 22.5 Å². The van der Waals surface area contributed by atoms with E-state index >= 15 is 0 Å². The maximum Gasteiger partial charge on any atom is 0.256 e. The second kappa shape index (κ2) is 7.26. The normalized spacial score (nSPS) is 11.6. The Morgan fingerprint density at radius 1 is 1.07 bits per heavy atom. The highest BCUT2D eigenvalue weighted by Crippen LogP contribution is 2.25. The first kappa shape index (κ1) is 19.6. The number of hydrogen-bond acceptors (Lipinski definition) is 5. The smallest absolute Gasteiger partial charge is 0.256 e. The van der Waals surface area contributed by atoms with Crippen LogP contribution in [0.1, 0.15) is 37.0 Å². The van der Waals surface area contributed by atoms with Gasteiger partial charge in [-0.15, -0.1) is 0 Å². The third-order valence-corrected chi connectivity index (χ3v) is 4.87. The zero-order chi connectivity index (χ0) is 21.5. The summed E-state index contributed by atoms with van der Waals surface area (Å²) in [5.41, 5.74) is 1.97. The Morgan fingerprint density at radius 3 is 2.43 bits per heavy atom. The Hall–Kier alpha value is -3.74. The molecule has 152 valence electrons. The van der Waals surface area contributed by atoms with Gasteiger partial charge in [-0.25, -0.2) is 0 Å². The van der Waals surface area contributed by atoms with Gasteiger partial charge in [0.15, 0.2) is 0 Å². The Morgan fingerprint density at radius 2 is 1.77 bits per heavy atom. The van der Waals surface area contributed by atoms with Gasteiger partial charge in [-0.05, 0) is 30.3 Å². The molecule has 4 aromatic rings. The third kappa shape index (κ3) is 3.61. The first-order chi connectivity index (χ1) is 14.2. The Kier molecular flexibility index (Phi) is 4.73. The number of nitrogens with one attached hydrogen (secondary N) is 1. The van der Waals surface area contributed by atoms with E-state index in [1.54, 1.807) is 19.2 Å². The molecule has 0 aliphatic carbocycles. The lowest BCUT2D eigenvalue weighted by molar-refractivity contribution is 0.102. The van der Waals surface area contributed by atoms with Crippen molar-refractivity contribution in [2.75, 3.05) is 5.32 Å². The van der Waals surface area contributed by atoms with Gasteiger partial charge in [-0.3, -0.25) is 9.59 Å². The molecule has 2 aromatic heterocycles. The number of rotatable bonds is 3. The van der Waals surface area contributed by atoms with E-state index in [4.69, 9.17) is 4.52 Å². The number of carbonyl (C=O) groups excluding carboxylic acids is 1. The van der Waals surface area contributed by atoms with Crippen molar-refractivity contribution in [3.8, 4) is 11.4 Å². The number of pyridine rings is 1. The van der Waals surface area contributed by atoms with E-state index < -0.39 is 0 Å². The molecule has 0 saturated heterocycles. The number of amides is 1. The van der Waals surface area contributed by atoms with Gasteiger partial charge in [0.2, 0.25) is 11.7 Å². The number of para-hydroxylation sites is 1. The summed E-state index contributed by atoms with van der Waals surface area (Å²) in [6.45, 7) is 6.01. The van der Waals surface area contributed by atoms with Crippen molar-refractivity contribution in [2.24, 2.45) is 7.05 Å². The molecule has 30 heavy (non-hydrogen) atoms. The van der Waals surface area contributed by atoms with Gasteiger partial charge in [-0.2, -0.15) is 4.98 Å². The molecule has 4 rings (SSSR count). The van der Waals surface area contributed by atoms with Crippen LogP contribution in [0.15, 0.2) is 63.9 Å². The fraction of sp³-hybridized carbons (Fsp3) is 0.217. The van der Waals surface area contributed by atoms with Crippen LogP contribution < -0.4 is 10.9 Å². The predicted octanol–water partition coefficient (Wildman–Crippen LogP) is 4.14. The van der Waals surface area contributed by atoms with E-state index in [2.05, 4.69) is 15.5 Å². The lowest BCUT2D eigenvalue weighted by atomic mass is 9.97. The molecule has 0 saturated carbocycles. The molecule has 0 aliphatic rings. The number of carbonyl (C=O) groups is 1. The highest BCUT2D eigenvalue weighted by atomic mass is 16.5. The average molecular weight is 402 g/mol. The largest absolute Gasteiger partial charge is 0.338 e. The summed E-state index contributed by atoms with van der Waals surface area (Å²) in [7, 11) is 1.69. The number of aromatic nitrogens is 3. The number of fused-ring (bicyclic) bond motifs is 1. The second-order valence-corrected chi connectivity index (χ2v) is 8.18. The van der Waals surface area contributed by atoms with Crippen LogP contribution in [0.25, 0.3) is 22.3 Å². The molecule has 0 bridgehead atoms. The number of anilines is 1. The molecule has 7 heteroatoms. The lowest BCUT2D eigenvalue weighted by Crippen LogP contribution is -2.21. The van der Waals surface area contributed by atoms with Crippen molar-refractivity contribution in [3.05, 3.63) is 76.4 Å². The summed E-state index contributed by atoms with van der Waals surface area (Å²) in [4.78, 5) is 29.5. The minimum absolute atomic E-state index is 0.228. The number of hydrogen-bond donors (Lipinski definition) is 1. The van der Waals surface area contributed by atoms with Gasteiger partial charge in [-0.1, -0.05) is 44.1 Å². The van der Waals surface area contributed by atoms with Gasteiger partial charge >= 0.3 is 0 Å². The molecule has 0 radical (unpaired) electrons. The number of aryl methyl sites for hydroxylation is 1. The maximum absolute atomic E-state index is 12.9. The van der Waals surface area contributed by atoms with Crippen LogP contribution in [-0.2, 0) is 12.5 Å². The second-order valence-electron chi connectivity index (χ2n) is 8.18. The molecule has 0 atom stereocenters. The minimum Gasteiger partial charge on any atom is -0.338 e. The van der Waals surface area contributed by atoms with E-state index in [0.717, 1.165) is 10.9 Å². The summed E-state index contributed by atoms with van der Waals surface area (Å²) >= 11 is 0. The van der Waals surface area contributed by atoms with Gasteiger partial charge in [0.25, 0.3) is 11.5 Å². The van der Waals surface area contributed by atoms with Crippen LogP contribution in [0.5, 0.6) is 0 Å². The molecule has 0 unspecified atom stereocenters. The molecule has 0 fully saturated rings. The highest BCUT2D eigenvalue weighted by Gasteiger charge is 2.22. The molecule has 1 amide bonds. The van der Waals surface area contributed by atoms with Crippen molar-refractivity contribution < 1.29 is 9.32 Å². The Bertz CT molecular complexity index is 1290. The van der Waals surface area contributed by atoms with Crippen molar-refractivity contribution in [3.63, 3.8) is 0 Å². The van der Waals surface area contributed by atoms with Crippen LogP contribution in [0.3, 0.4) is 0 Å². The first-order valence-electron chi connectivity index (χ1n) is 9.59. The van der Waals surface area contributed by atoms with Crippen molar-refractivity contribution in [1.82, 2.24) is 14.7 Å². The highest BCUT2D eigenvalue weighted by molar-refractivity contribution is 6.12. The molecule has 1 N–H and O–H groups in total. The van der Waals surface area contributed by atoms with Crippen LogP contribution in [0.2, 0.25) is 0 Å². The zero-order valence-electron chi connectivity index (χ0n) is 17.3.